The van der Waals surface area contributed by atoms with Gasteiger partial charge in [0.1, 0.15) is 35.8 Å². The molecule has 1 amide bonds. The molecule has 1 N–H and O–H groups in total. The zero-order valence-corrected chi connectivity index (χ0v) is 24.4. The lowest BCUT2D eigenvalue weighted by Crippen LogP contribution is -2.56. The number of methoxy groups -OCH3 is 1. The van der Waals surface area contributed by atoms with Gasteiger partial charge in [-0.05, 0) is 58.1 Å². The van der Waals surface area contributed by atoms with Gasteiger partial charge in [0.25, 0.3) is 5.69 Å². The number of hydrogen-bond acceptors (Lipinski definition) is 10. The van der Waals surface area contributed by atoms with Crippen LogP contribution in [0.5, 0.6) is 5.75 Å². The van der Waals surface area contributed by atoms with Gasteiger partial charge >= 0.3 is 12.2 Å². The van der Waals surface area contributed by atoms with Crippen molar-refractivity contribution < 1.29 is 42.9 Å². The van der Waals surface area contributed by atoms with E-state index in [4.69, 9.17) is 28.4 Å². The Morgan fingerprint density at radius 1 is 1.24 bits per heavy atom. The van der Waals surface area contributed by atoms with E-state index < -0.39 is 41.0 Å². The molecule has 41 heavy (non-hydrogen) atoms. The Hall–Kier alpha value is -3.22. The number of epoxide rings is 2. The first kappa shape index (κ1) is 30.7. The fourth-order valence-electron chi connectivity index (χ4n) is 5.71. The van der Waals surface area contributed by atoms with Crippen molar-refractivity contribution in [1.29, 1.82) is 0 Å². The normalized spacial score (nSPS) is 30.7. The molecule has 4 rings (SSSR count). The van der Waals surface area contributed by atoms with E-state index in [1.807, 2.05) is 13.8 Å². The van der Waals surface area contributed by atoms with Crippen LogP contribution < -0.4 is 10.1 Å². The number of nitro groups is 1. The number of nitrogens with one attached hydrogen (secondary N) is 1. The number of carbonyl (C=O) groups is 2. The molecule has 2 saturated heterocycles. The molecular formula is C29H40N2O10. The van der Waals surface area contributed by atoms with E-state index in [1.54, 1.807) is 7.11 Å². The molecule has 1 aromatic rings. The predicted octanol–water partition coefficient (Wildman–Crippen LogP) is 4.94. The van der Waals surface area contributed by atoms with Crippen molar-refractivity contribution in [3.8, 4) is 5.75 Å². The number of benzene rings is 1. The highest BCUT2D eigenvalue weighted by Gasteiger charge is 2.72. The quantitative estimate of drug-likeness (QED) is 0.0958. The molecule has 0 aromatic heterocycles. The van der Waals surface area contributed by atoms with Crippen molar-refractivity contribution in [3.05, 3.63) is 46.0 Å². The Morgan fingerprint density at radius 3 is 2.49 bits per heavy atom. The summed E-state index contributed by atoms with van der Waals surface area (Å²) in [5.74, 6) is -0.0919. The van der Waals surface area contributed by atoms with Gasteiger partial charge in [0, 0.05) is 19.2 Å². The van der Waals surface area contributed by atoms with Crippen LogP contribution in [0.15, 0.2) is 35.9 Å². The molecule has 1 aromatic carbocycles. The minimum atomic E-state index is -0.996. The fraction of sp³-hybridized carbons (Fsp3) is 0.655. The van der Waals surface area contributed by atoms with E-state index in [-0.39, 0.29) is 41.6 Å². The van der Waals surface area contributed by atoms with Gasteiger partial charge in [-0.2, -0.15) is 0 Å². The number of amides is 1. The van der Waals surface area contributed by atoms with Crippen molar-refractivity contribution in [2.24, 2.45) is 11.8 Å². The number of ether oxygens (including phenoxy) is 6. The van der Waals surface area contributed by atoms with E-state index >= 15 is 0 Å². The van der Waals surface area contributed by atoms with Crippen LogP contribution in [0.4, 0.5) is 15.3 Å². The number of allylic oxidation sites excluding steroid dienone is 1. The molecular weight excluding hydrogens is 536 g/mol. The van der Waals surface area contributed by atoms with E-state index in [2.05, 4.69) is 32.2 Å². The summed E-state index contributed by atoms with van der Waals surface area (Å²) in [6.07, 6.45) is 1.77. The molecule has 1 aliphatic carbocycles. The summed E-state index contributed by atoms with van der Waals surface area (Å²) >= 11 is 0. The number of carbonyl (C=O) groups excluding carboxylic acids is 2. The third-order valence-electron chi connectivity index (χ3n) is 8.23. The summed E-state index contributed by atoms with van der Waals surface area (Å²) in [5.41, 5.74) is 0.327. The van der Waals surface area contributed by atoms with Crippen LogP contribution in [-0.2, 0) is 23.7 Å². The summed E-state index contributed by atoms with van der Waals surface area (Å²) < 4.78 is 34.3. The van der Waals surface area contributed by atoms with Gasteiger partial charge in [0.15, 0.2) is 0 Å². The molecule has 7 atom stereocenters. The number of alkyl carbamates (subject to hydrolysis) is 1. The summed E-state index contributed by atoms with van der Waals surface area (Å²) in [6.45, 7) is 10.4. The number of nitrogens with zero attached hydrogens (tertiary/aromatic N) is 1. The van der Waals surface area contributed by atoms with Gasteiger partial charge in [0.05, 0.1) is 29.6 Å². The van der Waals surface area contributed by atoms with Crippen molar-refractivity contribution in [1.82, 2.24) is 5.32 Å². The Balaban J connectivity index is 1.32. The number of non-ortho nitro benzene ring substituents is 1. The highest BCUT2D eigenvalue weighted by molar-refractivity contribution is 5.68. The minimum Gasteiger partial charge on any atom is -0.443 e. The average Bonchev–Trinajstić information content (AvgIpc) is 3.83. The van der Waals surface area contributed by atoms with E-state index in [9.17, 15) is 19.7 Å². The summed E-state index contributed by atoms with van der Waals surface area (Å²) in [5, 5.41) is 13.6. The van der Waals surface area contributed by atoms with Gasteiger partial charge in [-0.15, -0.1) is 0 Å². The topological polar surface area (TPSA) is 151 Å². The minimum absolute atomic E-state index is 0.0435. The zero-order valence-electron chi connectivity index (χ0n) is 24.4. The first-order valence-electron chi connectivity index (χ1n) is 13.9. The lowest BCUT2D eigenvalue weighted by atomic mass is 9.68. The predicted molar refractivity (Wildman–Crippen MR) is 147 cm³/mol. The molecule has 1 spiro atoms. The number of hydrogen-bond donors (Lipinski definition) is 1. The second kappa shape index (κ2) is 12.3. The molecule has 2 heterocycles. The van der Waals surface area contributed by atoms with Crippen LogP contribution in [0.25, 0.3) is 0 Å². The second-order valence-electron chi connectivity index (χ2n) is 11.7. The Kier molecular flexibility index (Phi) is 9.25. The maximum absolute atomic E-state index is 13.0. The van der Waals surface area contributed by atoms with Crippen LogP contribution in [0.1, 0.15) is 53.9 Å². The second-order valence-corrected chi connectivity index (χ2v) is 11.7. The standard InChI is InChI=1S/C29H40N2O10/c1-17(2)7-12-23-28(5,41-23)25-24(36-6)22(13-14-29(25)16-38-29)40-26(32)30-21(18(3)4)15-37-27(33)39-20-10-8-19(9-11-20)31(34)35/h7-11,18,21-25H,12-16H2,1-6H3,(H,30,32)/t21-,22?,23+,24?,25?,28+,29-/m0/s1. The van der Waals surface area contributed by atoms with Gasteiger partial charge in [-0.25, -0.2) is 9.59 Å². The average molecular weight is 577 g/mol. The van der Waals surface area contributed by atoms with Crippen molar-refractivity contribution in [3.63, 3.8) is 0 Å². The molecule has 2 aliphatic heterocycles. The lowest BCUT2D eigenvalue weighted by molar-refractivity contribution is -0.384. The van der Waals surface area contributed by atoms with E-state index in [1.165, 1.54) is 29.8 Å². The van der Waals surface area contributed by atoms with Gasteiger partial charge in [0.2, 0.25) is 0 Å². The lowest BCUT2D eigenvalue weighted by Gasteiger charge is -2.42. The van der Waals surface area contributed by atoms with Crippen molar-refractivity contribution in [2.75, 3.05) is 20.3 Å². The maximum Gasteiger partial charge on any atom is 0.513 e. The van der Waals surface area contributed by atoms with Crippen LogP contribution >= 0.6 is 0 Å². The van der Waals surface area contributed by atoms with Crippen LogP contribution in [0, 0.1) is 22.0 Å². The fourth-order valence-corrected chi connectivity index (χ4v) is 5.71. The van der Waals surface area contributed by atoms with Crippen LogP contribution in [0.2, 0.25) is 0 Å². The van der Waals surface area contributed by atoms with Crippen LogP contribution in [-0.4, -0.2) is 73.1 Å². The third-order valence-corrected chi connectivity index (χ3v) is 8.23. The van der Waals surface area contributed by atoms with Crippen molar-refractivity contribution in [2.45, 2.75) is 89.4 Å². The molecule has 3 aliphatic rings. The highest BCUT2D eigenvalue weighted by atomic mass is 16.7. The third kappa shape index (κ3) is 7.17. The van der Waals surface area contributed by atoms with Crippen LogP contribution in [0.3, 0.4) is 0 Å². The summed E-state index contributed by atoms with van der Waals surface area (Å²) in [4.78, 5) is 35.4. The first-order chi connectivity index (χ1) is 19.4. The van der Waals surface area contributed by atoms with E-state index in [0.717, 1.165) is 12.8 Å². The molecule has 3 fully saturated rings. The molecule has 0 radical (unpaired) electrons. The molecule has 226 valence electrons. The van der Waals surface area contributed by atoms with Gasteiger partial charge < -0.3 is 33.7 Å². The SMILES string of the molecule is COC1C(OC(=O)N[C@@H](COC(=O)Oc2ccc([N+](=O)[O-])cc2)C(C)C)CC[C@]2(CO2)C1[C@]1(C)O[C@@H]1CC=C(C)C. The largest absolute Gasteiger partial charge is 0.513 e. The Morgan fingerprint density at radius 2 is 1.93 bits per heavy atom. The summed E-state index contributed by atoms with van der Waals surface area (Å²) in [6, 6.07) is 4.48. The Bertz CT molecular complexity index is 1140. The first-order valence-corrected chi connectivity index (χ1v) is 13.9. The smallest absolute Gasteiger partial charge is 0.443 e. The Labute approximate surface area is 239 Å². The van der Waals surface area contributed by atoms with Gasteiger partial charge in [-0.3, -0.25) is 10.1 Å². The summed E-state index contributed by atoms with van der Waals surface area (Å²) in [7, 11) is 1.62. The monoisotopic (exact) mass is 576 g/mol. The van der Waals surface area contributed by atoms with Gasteiger partial charge in [-0.1, -0.05) is 25.5 Å². The van der Waals surface area contributed by atoms with E-state index in [0.29, 0.717) is 13.0 Å². The molecule has 12 nitrogen and oxygen atoms in total. The molecule has 12 heteroatoms. The molecule has 3 unspecified atom stereocenters. The van der Waals surface area contributed by atoms with Crippen molar-refractivity contribution >= 4 is 17.9 Å². The maximum atomic E-state index is 13.0. The number of nitro benzene ring substituents is 1. The number of rotatable bonds is 11. The molecule has 0 bridgehead atoms. The highest BCUT2D eigenvalue weighted by Crippen LogP contribution is 2.59. The molecule has 1 saturated carbocycles. The zero-order chi connectivity index (χ0) is 29.9.